The molecule has 0 heterocycles. The molecule has 0 saturated carbocycles. The van der Waals surface area contributed by atoms with Crippen LogP contribution in [-0.2, 0) is 16.1 Å². The molecule has 4 amide bonds. The lowest BCUT2D eigenvalue weighted by molar-refractivity contribution is -0.133. The maximum absolute atomic E-state index is 12.2. The highest BCUT2D eigenvalue weighted by molar-refractivity contribution is 9.10. The van der Waals surface area contributed by atoms with E-state index in [9.17, 15) is 14.4 Å². The maximum Gasteiger partial charge on any atom is 0.317 e. The van der Waals surface area contributed by atoms with Crippen LogP contribution in [0.5, 0.6) is 0 Å². The Morgan fingerprint density at radius 3 is 2.28 bits per heavy atom. The van der Waals surface area contributed by atoms with Crippen LogP contribution in [0.25, 0.3) is 0 Å². The fraction of sp³-hybridized carbons (Fsp3) is 0.286. The number of nitrogens with one attached hydrogen (secondary N) is 2. The summed E-state index contributed by atoms with van der Waals surface area (Å²) < 4.78 is 0.768. The fourth-order valence-electron chi connectivity index (χ4n) is 2.59. The lowest BCUT2D eigenvalue weighted by Gasteiger charge is -2.19. The molecule has 0 saturated heterocycles. The zero-order valence-electron chi connectivity index (χ0n) is 16.5. The molecule has 0 aliphatic rings. The van der Waals surface area contributed by atoms with E-state index in [1.165, 1.54) is 4.90 Å². The molecule has 8 heteroatoms. The molecule has 154 valence electrons. The molecule has 0 aliphatic heterocycles. The summed E-state index contributed by atoms with van der Waals surface area (Å²) in [6.07, 6.45) is 0.115. The van der Waals surface area contributed by atoms with Gasteiger partial charge < -0.3 is 20.4 Å². The molecule has 29 heavy (non-hydrogen) atoms. The van der Waals surface area contributed by atoms with Gasteiger partial charge in [0, 0.05) is 38.1 Å². The van der Waals surface area contributed by atoms with Gasteiger partial charge in [-0.15, -0.1) is 0 Å². The number of hydrogen-bond acceptors (Lipinski definition) is 3. The van der Waals surface area contributed by atoms with Crippen molar-refractivity contribution < 1.29 is 14.4 Å². The van der Waals surface area contributed by atoms with E-state index >= 15 is 0 Å². The predicted molar refractivity (Wildman–Crippen MR) is 116 cm³/mol. The fourth-order valence-corrected chi connectivity index (χ4v) is 2.97. The first-order valence-corrected chi connectivity index (χ1v) is 9.97. The third-order valence-electron chi connectivity index (χ3n) is 4.18. The van der Waals surface area contributed by atoms with Crippen molar-refractivity contribution in [2.75, 3.05) is 32.5 Å². The quantitative estimate of drug-likeness (QED) is 0.634. The molecule has 0 fully saturated rings. The third-order valence-corrected chi connectivity index (χ3v) is 4.87. The Balaban J connectivity index is 1.70. The number of rotatable bonds is 8. The van der Waals surface area contributed by atoms with Gasteiger partial charge in [-0.3, -0.25) is 9.59 Å². The Hall–Kier alpha value is -2.87. The summed E-state index contributed by atoms with van der Waals surface area (Å²) in [7, 11) is 3.26. The van der Waals surface area contributed by atoms with Crippen LogP contribution < -0.4 is 10.6 Å². The molecule has 0 spiro atoms. The molecule has 0 unspecified atom stereocenters. The first-order chi connectivity index (χ1) is 13.9. The predicted octanol–water partition coefficient (Wildman–Crippen LogP) is 3.08. The van der Waals surface area contributed by atoms with Gasteiger partial charge in [0.05, 0.1) is 12.2 Å². The number of anilines is 1. The summed E-state index contributed by atoms with van der Waals surface area (Å²) in [4.78, 5) is 39.4. The molecular weight excluding hydrogens is 436 g/mol. The van der Waals surface area contributed by atoms with E-state index < -0.39 is 0 Å². The Bertz CT molecular complexity index is 845. The average Bonchev–Trinajstić information content (AvgIpc) is 2.70. The smallest absolute Gasteiger partial charge is 0.317 e. The number of amides is 4. The van der Waals surface area contributed by atoms with Crippen LogP contribution in [-0.4, -0.2) is 54.8 Å². The van der Waals surface area contributed by atoms with Crippen molar-refractivity contribution in [1.29, 1.82) is 0 Å². The van der Waals surface area contributed by atoms with Crippen molar-refractivity contribution in [2.45, 2.75) is 13.0 Å². The normalized spacial score (nSPS) is 10.2. The van der Waals surface area contributed by atoms with Crippen molar-refractivity contribution in [3.63, 3.8) is 0 Å². The number of para-hydroxylation sites is 1. The van der Waals surface area contributed by atoms with Crippen LogP contribution in [0.15, 0.2) is 59.1 Å². The first-order valence-electron chi connectivity index (χ1n) is 9.18. The van der Waals surface area contributed by atoms with Gasteiger partial charge in [0.1, 0.15) is 0 Å². The molecule has 0 bridgehead atoms. The van der Waals surface area contributed by atoms with E-state index in [-0.39, 0.29) is 37.4 Å². The van der Waals surface area contributed by atoms with Crippen molar-refractivity contribution in [3.8, 4) is 0 Å². The highest BCUT2D eigenvalue weighted by atomic mass is 79.9. The van der Waals surface area contributed by atoms with E-state index in [1.54, 1.807) is 25.1 Å². The second-order valence-electron chi connectivity index (χ2n) is 6.60. The van der Waals surface area contributed by atoms with Crippen LogP contribution in [0.2, 0.25) is 0 Å². The number of urea groups is 1. The maximum atomic E-state index is 12.2. The van der Waals surface area contributed by atoms with Crippen LogP contribution in [0.3, 0.4) is 0 Å². The number of likely N-dealkylation sites (N-methyl/N-ethyl adjacent to an activating group) is 1. The number of carbonyl (C=O) groups is 3. The Kier molecular flexibility index (Phi) is 8.67. The number of hydrogen-bond donors (Lipinski definition) is 2. The zero-order chi connectivity index (χ0) is 21.2. The topological polar surface area (TPSA) is 81.8 Å². The van der Waals surface area contributed by atoms with Gasteiger partial charge in [-0.1, -0.05) is 42.5 Å². The van der Waals surface area contributed by atoms with Crippen molar-refractivity contribution in [3.05, 3.63) is 64.6 Å². The lowest BCUT2D eigenvalue weighted by atomic mass is 10.2. The molecule has 0 aromatic heterocycles. The number of carbonyl (C=O) groups excluding carboxylic acids is 3. The van der Waals surface area contributed by atoms with Crippen LogP contribution in [0.1, 0.15) is 12.0 Å². The second-order valence-corrected chi connectivity index (χ2v) is 7.46. The molecule has 2 N–H and O–H groups in total. The number of halogens is 1. The van der Waals surface area contributed by atoms with Gasteiger partial charge in [-0.2, -0.15) is 0 Å². The third kappa shape index (κ3) is 7.57. The lowest BCUT2D eigenvalue weighted by Crippen LogP contribution is -2.40. The Labute approximate surface area is 179 Å². The van der Waals surface area contributed by atoms with Crippen molar-refractivity contribution >= 4 is 39.5 Å². The monoisotopic (exact) mass is 460 g/mol. The average molecular weight is 461 g/mol. The first kappa shape index (κ1) is 22.4. The van der Waals surface area contributed by atoms with Crippen LogP contribution in [0, 0.1) is 0 Å². The standard InChI is InChI=1S/C21H25BrN4O3/c1-25(15-19(27)24-18-11-7-6-10-17(18)22)20(28)12-13-23-21(29)26(2)14-16-8-4-3-5-9-16/h3-11H,12-15H2,1-2H3,(H,23,29)(H,24,27). The van der Waals surface area contributed by atoms with Gasteiger partial charge in [0.15, 0.2) is 0 Å². The largest absolute Gasteiger partial charge is 0.337 e. The summed E-state index contributed by atoms with van der Waals surface area (Å²) in [5, 5.41) is 5.47. The number of nitrogens with zero attached hydrogens (tertiary/aromatic N) is 2. The van der Waals surface area contributed by atoms with Crippen LogP contribution >= 0.6 is 15.9 Å². The molecule has 2 rings (SSSR count). The number of benzene rings is 2. The van der Waals surface area contributed by atoms with Crippen LogP contribution in [0.4, 0.5) is 10.5 Å². The second kappa shape index (κ2) is 11.2. The minimum absolute atomic E-state index is 0.0674. The molecule has 2 aromatic carbocycles. The summed E-state index contributed by atoms with van der Waals surface area (Å²) in [5.74, 6) is -0.516. The molecule has 0 aliphatic carbocycles. The summed E-state index contributed by atoms with van der Waals surface area (Å²) in [5.41, 5.74) is 1.67. The SMILES string of the molecule is CN(CC(=O)Nc1ccccc1Br)C(=O)CCNC(=O)N(C)Cc1ccccc1. The molecular formula is C21H25BrN4O3. The van der Waals surface area contributed by atoms with Crippen molar-refractivity contribution in [2.24, 2.45) is 0 Å². The summed E-state index contributed by atoms with van der Waals surface area (Å²) >= 11 is 3.36. The van der Waals surface area contributed by atoms with Gasteiger partial charge in [0.25, 0.3) is 0 Å². The van der Waals surface area contributed by atoms with Crippen molar-refractivity contribution in [1.82, 2.24) is 15.1 Å². The van der Waals surface area contributed by atoms with E-state index in [0.29, 0.717) is 12.2 Å². The van der Waals surface area contributed by atoms with Gasteiger partial charge in [-0.25, -0.2) is 4.79 Å². The van der Waals surface area contributed by atoms with E-state index in [0.717, 1.165) is 10.0 Å². The van der Waals surface area contributed by atoms with Gasteiger partial charge in [0.2, 0.25) is 11.8 Å². The van der Waals surface area contributed by atoms with Gasteiger partial charge in [-0.05, 0) is 33.6 Å². The Morgan fingerprint density at radius 1 is 0.931 bits per heavy atom. The molecule has 2 aromatic rings. The summed E-state index contributed by atoms with van der Waals surface area (Å²) in [6, 6.07) is 16.6. The highest BCUT2D eigenvalue weighted by Gasteiger charge is 2.15. The zero-order valence-corrected chi connectivity index (χ0v) is 18.1. The molecule has 0 atom stereocenters. The summed E-state index contributed by atoms with van der Waals surface area (Å²) in [6.45, 7) is 0.616. The minimum atomic E-state index is -0.292. The van der Waals surface area contributed by atoms with E-state index in [1.807, 2.05) is 48.5 Å². The molecule has 0 radical (unpaired) electrons. The highest BCUT2D eigenvalue weighted by Crippen LogP contribution is 2.20. The van der Waals surface area contributed by atoms with E-state index in [2.05, 4.69) is 26.6 Å². The minimum Gasteiger partial charge on any atom is -0.337 e. The Morgan fingerprint density at radius 2 is 1.59 bits per heavy atom. The molecule has 7 nitrogen and oxygen atoms in total. The van der Waals surface area contributed by atoms with Gasteiger partial charge >= 0.3 is 6.03 Å². The van der Waals surface area contributed by atoms with E-state index in [4.69, 9.17) is 0 Å².